The number of aryl methyl sites for hydroxylation is 2. The second-order valence-electron chi connectivity index (χ2n) is 5.99. The molecule has 1 N–H and O–H groups in total. The average molecular weight is 371 g/mol. The summed E-state index contributed by atoms with van der Waals surface area (Å²) in [5, 5.41) is 3.46. The van der Waals surface area contributed by atoms with E-state index in [-0.39, 0.29) is 11.5 Å². The smallest absolute Gasteiger partial charge is 0.262 e. The van der Waals surface area contributed by atoms with Gasteiger partial charge in [-0.25, -0.2) is 4.98 Å². The number of hydrogen-bond donors (Lipinski definition) is 1. The van der Waals surface area contributed by atoms with E-state index in [4.69, 9.17) is 4.74 Å². The monoisotopic (exact) mass is 371 g/mol. The Morgan fingerprint density at radius 1 is 1.31 bits per heavy atom. The molecule has 3 rings (SSSR count). The van der Waals surface area contributed by atoms with Gasteiger partial charge in [-0.05, 0) is 30.5 Å². The maximum Gasteiger partial charge on any atom is 0.262 e. The summed E-state index contributed by atoms with van der Waals surface area (Å²) >= 11 is 1.25. The quantitative estimate of drug-likeness (QED) is 0.723. The Kier molecular flexibility index (Phi) is 5.49. The van der Waals surface area contributed by atoms with E-state index in [2.05, 4.69) is 10.3 Å². The summed E-state index contributed by atoms with van der Waals surface area (Å²) in [5.74, 6) is -0.196. The van der Waals surface area contributed by atoms with Crippen LogP contribution in [0.1, 0.15) is 33.3 Å². The number of rotatable bonds is 6. The number of benzene rings is 1. The summed E-state index contributed by atoms with van der Waals surface area (Å²) < 4.78 is 6.90. The molecular weight excluding hydrogens is 350 g/mol. The molecule has 0 bridgehead atoms. The summed E-state index contributed by atoms with van der Waals surface area (Å²) in [6.07, 6.45) is 1.48. The number of fused-ring (bicyclic) bond motifs is 1. The third-order valence-corrected chi connectivity index (χ3v) is 5.43. The van der Waals surface area contributed by atoms with Crippen molar-refractivity contribution < 1.29 is 9.53 Å². The first-order valence-corrected chi connectivity index (χ1v) is 9.22. The van der Waals surface area contributed by atoms with Crippen molar-refractivity contribution in [1.29, 1.82) is 0 Å². The molecule has 0 aliphatic carbocycles. The molecule has 0 saturated carbocycles. The fourth-order valence-corrected chi connectivity index (χ4v) is 3.82. The molecule has 7 heteroatoms. The Morgan fingerprint density at radius 3 is 2.77 bits per heavy atom. The highest BCUT2D eigenvalue weighted by Crippen LogP contribution is 2.26. The van der Waals surface area contributed by atoms with E-state index in [0.29, 0.717) is 40.4 Å². The molecule has 0 fully saturated rings. The number of aromatic nitrogens is 2. The Balaban J connectivity index is 1.82. The molecule has 2 aromatic heterocycles. The standard InChI is InChI=1S/C19H21N3O3S/c1-4-25-10-14-8-6-5-7-13(14)9-20-17(23)16-12(2)15-18(26-16)21-11-22(3)19(15)24/h5-8,11H,4,9-10H2,1-3H3,(H,20,23). The van der Waals surface area contributed by atoms with Gasteiger partial charge in [0.25, 0.3) is 11.5 Å². The van der Waals surface area contributed by atoms with E-state index in [0.717, 1.165) is 11.1 Å². The van der Waals surface area contributed by atoms with Crippen LogP contribution in [0.2, 0.25) is 0 Å². The van der Waals surface area contributed by atoms with E-state index >= 15 is 0 Å². The Hall–Kier alpha value is -2.51. The van der Waals surface area contributed by atoms with Gasteiger partial charge in [-0.3, -0.25) is 9.59 Å². The first-order chi connectivity index (χ1) is 12.5. The second-order valence-corrected chi connectivity index (χ2v) is 6.98. The van der Waals surface area contributed by atoms with E-state index < -0.39 is 0 Å². The van der Waals surface area contributed by atoms with Crippen LogP contribution >= 0.6 is 11.3 Å². The first-order valence-electron chi connectivity index (χ1n) is 8.40. The van der Waals surface area contributed by atoms with Gasteiger partial charge in [0.15, 0.2) is 0 Å². The van der Waals surface area contributed by atoms with Crippen molar-refractivity contribution in [3.8, 4) is 0 Å². The number of carbonyl (C=O) groups is 1. The van der Waals surface area contributed by atoms with Gasteiger partial charge in [0.05, 0.1) is 23.2 Å². The molecule has 0 saturated heterocycles. The summed E-state index contributed by atoms with van der Waals surface area (Å²) in [6.45, 7) is 5.31. The van der Waals surface area contributed by atoms with Gasteiger partial charge in [-0.1, -0.05) is 24.3 Å². The van der Waals surface area contributed by atoms with Crippen LogP contribution < -0.4 is 10.9 Å². The predicted octanol–water partition coefficient (Wildman–Crippen LogP) is 2.77. The predicted molar refractivity (Wildman–Crippen MR) is 103 cm³/mol. The molecule has 6 nitrogen and oxygen atoms in total. The molecule has 0 atom stereocenters. The van der Waals surface area contributed by atoms with E-state index in [9.17, 15) is 9.59 Å². The first kappa shape index (κ1) is 18.3. The van der Waals surface area contributed by atoms with E-state index in [1.165, 1.54) is 22.2 Å². The number of nitrogens with zero attached hydrogens (tertiary/aromatic N) is 2. The number of thiophene rings is 1. The van der Waals surface area contributed by atoms with Crippen LogP contribution in [0.15, 0.2) is 35.4 Å². The van der Waals surface area contributed by atoms with Gasteiger partial charge >= 0.3 is 0 Å². The highest BCUT2D eigenvalue weighted by molar-refractivity contribution is 7.20. The fourth-order valence-electron chi connectivity index (χ4n) is 2.76. The van der Waals surface area contributed by atoms with Crippen molar-refractivity contribution >= 4 is 27.5 Å². The molecular formula is C19H21N3O3S. The van der Waals surface area contributed by atoms with Crippen molar-refractivity contribution in [2.24, 2.45) is 7.05 Å². The van der Waals surface area contributed by atoms with Crippen LogP contribution in [0.25, 0.3) is 10.2 Å². The van der Waals surface area contributed by atoms with Crippen molar-refractivity contribution in [3.63, 3.8) is 0 Å². The van der Waals surface area contributed by atoms with Crippen molar-refractivity contribution in [3.05, 3.63) is 62.5 Å². The van der Waals surface area contributed by atoms with Gasteiger partial charge in [0.2, 0.25) is 0 Å². The lowest BCUT2D eigenvalue weighted by Gasteiger charge is -2.10. The summed E-state index contributed by atoms with van der Waals surface area (Å²) in [7, 11) is 1.65. The van der Waals surface area contributed by atoms with Crippen molar-refractivity contribution in [2.75, 3.05) is 6.61 Å². The molecule has 1 amide bonds. The number of carbonyl (C=O) groups excluding carboxylic acids is 1. The fraction of sp³-hybridized carbons (Fsp3) is 0.316. The maximum absolute atomic E-state index is 12.7. The lowest BCUT2D eigenvalue weighted by atomic mass is 10.1. The number of amides is 1. The minimum atomic E-state index is -0.196. The molecule has 26 heavy (non-hydrogen) atoms. The van der Waals surface area contributed by atoms with Crippen LogP contribution in [0.5, 0.6) is 0 Å². The lowest BCUT2D eigenvalue weighted by molar-refractivity contribution is 0.0953. The topological polar surface area (TPSA) is 73.2 Å². The largest absolute Gasteiger partial charge is 0.377 e. The SMILES string of the molecule is CCOCc1ccccc1CNC(=O)c1sc2ncn(C)c(=O)c2c1C. The number of hydrogen-bond acceptors (Lipinski definition) is 5. The molecule has 0 aliphatic rings. The highest BCUT2D eigenvalue weighted by Gasteiger charge is 2.19. The molecule has 0 spiro atoms. The maximum atomic E-state index is 12.7. The van der Waals surface area contributed by atoms with Crippen LogP contribution in [0.4, 0.5) is 0 Å². The average Bonchev–Trinajstić information content (AvgIpc) is 2.99. The Morgan fingerprint density at radius 2 is 2.04 bits per heavy atom. The molecule has 2 heterocycles. The normalized spacial score (nSPS) is 11.0. The van der Waals surface area contributed by atoms with Gasteiger partial charge in [0.1, 0.15) is 4.83 Å². The van der Waals surface area contributed by atoms with Crippen LogP contribution in [-0.4, -0.2) is 22.1 Å². The summed E-state index contributed by atoms with van der Waals surface area (Å²) in [5.41, 5.74) is 2.61. The number of nitrogens with one attached hydrogen (secondary N) is 1. The zero-order valence-electron chi connectivity index (χ0n) is 15.0. The zero-order chi connectivity index (χ0) is 18.7. The molecule has 136 valence electrons. The second kappa shape index (κ2) is 7.80. The van der Waals surface area contributed by atoms with Gasteiger partial charge in [-0.15, -0.1) is 11.3 Å². The Bertz CT molecular complexity index is 1010. The van der Waals surface area contributed by atoms with E-state index in [1.54, 1.807) is 14.0 Å². The molecule has 0 radical (unpaired) electrons. The van der Waals surface area contributed by atoms with E-state index in [1.807, 2.05) is 31.2 Å². The van der Waals surface area contributed by atoms with Crippen LogP contribution in [-0.2, 0) is 24.9 Å². The molecule has 1 aromatic carbocycles. The van der Waals surface area contributed by atoms with Gasteiger partial charge in [0, 0.05) is 20.2 Å². The van der Waals surface area contributed by atoms with Crippen molar-refractivity contribution in [2.45, 2.75) is 27.0 Å². The molecule has 0 unspecified atom stereocenters. The molecule has 3 aromatic rings. The molecule has 0 aliphatic heterocycles. The van der Waals surface area contributed by atoms with Gasteiger partial charge in [-0.2, -0.15) is 0 Å². The lowest BCUT2D eigenvalue weighted by Crippen LogP contribution is -2.23. The third kappa shape index (κ3) is 3.54. The summed E-state index contributed by atoms with van der Waals surface area (Å²) in [4.78, 5) is 30.3. The van der Waals surface area contributed by atoms with Crippen LogP contribution in [0, 0.1) is 6.92 Å². The van der Waals surface area contributed by atoms with Crippen molar-refractivity contribution in [1.82, 2.24) is 14.9 Å². The van der Waals surface area contributed by atoms with Gasteiger partial charge < -0.3 is 14.6 Å². The minimum absolute atomic E-state index is 0.134. The zero-order valence-corrected chi connectivity index (χ0v) is 15.9. The number of ether oxygens (including phenoxy) is 1. The summed E-state index contributed by atoms with van der Waals surface area (Å²) in [6, 6.07) is 7.87. The van der Waals surface area contributed by atoms with Crippen LogP contribution in [0.3, 0.4) is 0 Å². The third-order valence-electron chi connectivity index (χ3n) is 4.24. The Labute approximate surface area is 155 Å². The highest BCUT2D eigenvalue weighted by atomic mass is 32.1. The minimum Gasteiger partial charge on any atom is -0.377 e.